The highest BCUT2D eigenvalue weighted by molar-refractivity contribution is 6.06. The zero-order chi connectivity index (χ0) is 22.3. The normalized spacial score (nSPS) is 10.4. The summed E-state index contributed by atoms with van der Waals surface area (Å²) in [4.78, 5) is 2.37. The first-order valence-electron chi connectivity index (χ1n) is 11.2. The minimum Gasteiger partial charge on any atom is -0.309 e. The van der Waals surface area contributed by atoms with Gasteiger partial charge in [-0.2, -0.15) is 0 Å². The summed E-state index contributed by atoms with van der Waals surface area (Å²) >= 11 is 0. The van der Waals surface area contributed by atoms with E-state index >= 15 is 0 Å². The Morgan fingerprint density at radius 1 is 0.333 bits per heavy atom. The first-order chi connectivity index (χ1) is 16.4. The summed E-state index contributed by atoms with van der Waals surface area (Å²) in [5, 5.41) is 0. The van der Waals surface area contributed by atoms with Crippen LogP contribution in [0.25, 0.3) is 11.3 Å². The fourth-order valence-electron chi connectivity index (χ4n) is 4.19. The van der Waals surface area contributed by atoms with Gasteiger partial charge in [-0.25, -0.2) is 0 Å². The highest BCUT2D eigenvalue weighted by Crippen LogP contribution is 2.41. The third-order valence-corrected chi connectivity index (χ3v) is 5.66. The predicted octanol–water partition coefficient (Wildman–Crippen LogP) is 8.44. The lowest BCUT2D eigenvalue weighted by molar-refractivity contribution is 1.29. The van der Waals surface area contributed by atoms with Gasteiger partial charge in [-0.05, 0) is 41.0 Å². The van der Waals surface area contributed by atoms with E-state index in [4.69, 9.17) is 0 Å². The molecule has 0 spiro atoms. The van der Waals surface area contributed by atoms with E-state index in [0.717, 1.165) is 22.6 Å². The van der Waals surface area contributed by atoms with Crippen LogP contribution in [0.2, 0.25) is 0 Å². The zero-order valence-corrected chi connectivity index (χ0v) is 18.4. The first-order valence-corrected chi connectivity index (χ1v) is 11.2. The van der Waals surface area contributed by atoms with E-state index in [2.05, 4.69) is 157 Å². The van der Waals surface area contributed by atoms with Crippen LogP contribution in [-0.2, 0) is 0 Å². The Morgan fingerprint density at radius 2 is 0.636 bits per heavy atom. The van der Waals surface area contributed by atoms with Crippen molar-refractivity contribution >= 4 is 22.6 Å². The topological polar surface area (TPSA) is 3.24 Å². The van der Waals surface area contributed by atoms with Crippen LogP contribution in [0.15, 0.2) is 152 Å². The molecule has 0 saturated carbocycles. The van der Waals surface area contributed by atoms with Crippen LogP contribution < -0.4 is 4.90 Å². The molecule has 0 aliphatic heterocycles. The number of anilines is 2. The molecule has 0 aliphatic rings. The summed E-state index contributed by atoms with van der Waals surface area (Å²) in [5.41, 5.74) is 8.09. The molecule has 0 radical (unpaired) electrons. The number of rotatable bonds is 6. The van der Waals surface area contributed by atoms with Crippen molar-refractivity contribution in [3.63, 3.8) is 0 Å². The van der Waals surface area contributed by atoms with Gasteiger partial charge < -0.3 is 4.90 Å². The average molecular weight is 424 g/mol. The summed E-state index contributed by atoms with van der Waals surface area (Å²) in [7, 11) is 0. The molecule has 0 aromatic heterocycles. The van der Waals surface area contributed by atoms with Crippen LogP contribution in [0, 0.1) is 0 Å². The molecular weight excluding hydrogens is 398 g/mol. The Labute approximate surface area is 195 Å². The van der Waals surface area contributed by atoms with Gasteiger partial charge in [-0.3, -0.25) is 0 Å². The molecule has 0 amide bonds. The largest absolute Gasteiger partial charge is 0.309 e. The molecule has 0 atom stereocenters. The average Bonchev–Trinajstić information content (AvgIpc) is 2.91. The van der Waals surface area contributed by atoms with Crippen molar-refractivity contribution in [2.45, 2.75) is 0 Å². The second-order valence-corrected chi connectivity index (χ2v) is 7.83. The van der Waals surface area contributed by atoms with E-state index in [1.54, 1.807) is 0 Å². The standard InChI is InChI=1S/C32H25N/c1-6-16-26(17-7-1)31(27-18-8-2-9-19-27)32(28-20-10-3-11-21-28)33(29-22-12-4-13-23-29)30-24-14-5-15-25-30/h1-25H. The van der Waals surface area contributed by atoms with Gasteiger partial charge in [-0.1, -0.05) is 127 Å². The second kappa shape index (κ2) is 9.84. The molecule has 0 unspecified atom stereocenters. The van der Waals surface area contributed by atoms with E-state index in [-0.39, 0.29) is 0 Å². The van der Waals surface area contributed by atoms with Gasteiger partial charge in [0.15, 0.2) is 0 Å². The van der Waals surface area contributed by atoms with Crippen molar-refractivity contribution < 1.29 is 0 Å². The SMILES string of the molecule is c1ccc(C(=C(c2ccccc2)N(c2ccccc2)c2ccccc2)c2ccccc2)cc1. The first kappa shape index (κ1) is 20.5. The van der Waals surface area contributed by atoms with Crippen LogP contribution in [0.4, 0.5) is 11.4 Å². The van der Waals surface area contributed by atoms with Crippen molar-refractivity contribution in [3.8, 4) is 0 Å². The van der Waals surface area contributed by atoms with E-state index in [1.807, 2.05) is 0 Å². The van der Waals surface area contributed by atoms with Crippen LogP contribution in [0.1, 0.15) is 16.7 Å². The molecule has 5 aromatic carbocycles. The predicted molar refractivity (Wildman–Crippen MR) is 140 cm³/mol. The molecule has 0 aliphatic carbocycles. The molecule has 0 bridgehead atoms. The fraction of sp³-hybridized carbons (Fsp3) is 0. The van der Waals surface area contributed by atoms with Crippen molar-refractivity contribution in [2.24, 2.45) is 0 Å². The third-order valence-electron chi connectivity index (χ3n) is 5.66. The molecule has 1 heteroatoms. The molecule has 158 valence electrons. The van der Waals surface area contributed by atoms with Crippen LogP contribution in [0.5, 0.6) is 0 Å². The van der Waals surface area contributed by atoms with Gasteiger partial charge in [0.2, 0.25) is 0 Å². The van der Waals surface area contributed by atoms with Crippen molar-refractivity contribution in [3.05, 3.63) is 168 Å². The monoisotopic (exact) mass is 423 g/mol. The van der Waals surface area contributed by atoms with Crippen LogP contribution in [0.3, 0.4) is 0 Å². The van der Waals surface area contributed by atoms with Crippen molar-refractivity contribution in [2.75, 3.05) is 4.90 Å². The maximum Gasteiger partial charge on any atom is 0.0618 e. The minimum absolute atomic E-state index is 1.12. The van der Waals surface area contributed by atoms with E-state index in [1.165, 1.54) is 16.7 Å². The molecule has 33 heavy (non-hydrogen) atoms. The summed E-state index contributed by atoms with van der Waals surface area (Å²) in [5.74, 6) is 0. The molecule has 5 rings (SSSR count). The van der Waals surface area contributed by atoms with Crippen LogP contribution in [-0.4, -0.2) is 0 Å². The number of hydrogen-bond donors (Lipinski definition) is 0. The second-order valence-electron chi connectivity index (χ2n) is 7.83. The highest BCUT2D eigenvalue weighted by atomic mass is 15.2. The maximum atomic E-state index is 2.37. The van der Waals surface area contributed by atoms with E-state index in [9.17, 15) is 0 Å². The lowest BCUT2D eigenvalue weighted by Gasteiger charge is -2.31. The highest BCUT2D eigenvalue weighted by Gasteiger charge is 2.22. The molecule has 0 heterocycles. The van der Waals surface area contributed by atoms with Gasteiger partial charge >= 0.3 is 0 Å². The Kier molecular flexibility index (Phi) is 6.13. The smallest absolute Gasteiger partial charge is 0.0618 e. The summed E-state index contributed by atoms with van der Waals surface area (Å²) in [6.45, 7) is 0. The van der Waals surface area contributed by atoms with Gasteiger partial charge in [0.05, 0.1) is 5.70 Å². The maximum absolute atomic E-state index is 2.37. The third kappa shape index (κ3) is 4.49. The van der Waals surface area contributed by atoms with Gasteiger partial charge in [0.1, 0.15) is 0 Å². The Bertz CT molecular complexity index is 1230. The summed E-state index contributed by atoms with van der Waals surface area (Å²) in [6, 6.07) is 53.2. The lowest BCUT2D eigenvalue weighted by atomic mass is 9.92. The van der Waals surface area contributed by atoms with E-state index in [0.29, 0.717) is 0 Å². The number of nitrogens with zero attached hydrogens (tertiary/aromatic N) is 1. The molecule has 0 saturated heterocycles. The lowest BCUT2D eigenvalue weighted by Crippen LogP contribution is -2.17. The van der Waals surface area contributed by atoms with Gasteiger partial charge in [0, 0.05) is 16.9 Å². The minimum atomic E-state index is 1.12. The fourth-order valence-corrected chi connectivity index (χ4v) is 4.19. The van der Waals surface area contributed by atoms with Crippen LogP contribution >= 0.6 is 0 Å². The van der Waals surface area contributed by atoms with Gasteiger partial charge in [0.25, 0.3) is 0 Å². The van der Waals surface area contributed by atoms with Crippen molar-refractivity contribution in [1.82, 2.24) is 0 Å². The quantitative estimate of drug-likeness (QED) is 0.248. The van der Waals surface area contributed by atoms with E-state index < -0.39 is 0 Å². The summed E-state index contributed by atoms with van der Waals surface area (Å²) < 4.78 is 0. The Hall–Kier alpha value is -4.36. The Morgan fingerprint density at radius 3 is 1.00 bits per heavy atom. The molecule has 0 fully saturated rings. The van der Waals surface area contributed by atoms with Gasteiger partial charge in [-0.15, -0.1) is 0 Å². The van der Waals surface area contributed by atoms with Crippen molar-refractivity contribution in [1.29, 1.82) is 0 Å². The zero-order valence-electron chi connectivity index (χ0n) is 18.4. The number of benzene rings is 5. The number of hydrogen-bond acceptors (Lipinski definition) is 1. The molecule has 0 N–H and O–H groups in total. The molecule has 5 aromatic rings. The number of para-hydroxylation sites is 2. The molecule has 1 nitrogen and oxygen atoms in total. The Balaban J connectivity index is 1.91. The summed E-state index contributed by atoms with van der Waals surface area (Å²) in [6.07, 6.45) is 0. The molecular formula is C32H25N.